The lowest BCUT2D eigenvalue weighted by Gasteiger charge is -2.17. The normalized spacial score (nSPS) is 13.6. The summed E-state index contributed by atoms with van der Waals surface area (Å²) >= 11 is 5.57. The van der Waals surface area contributed by atoms with Crippen LogP contribution in [0.2, 0.25) is 5.02 Å². The zero-order chi connectivity index (χ0) is 24.5. The van der Waals surface area contributed by atoms with Gasteiger partial charge in [-0.2, -0.15) is 34.8 Å². The number of hydrogen-bond donors (Lipinski definition) is 1. The summed E-state index contributed by atoms with van der Waals surface area (Å²) in [6.07, 6.45) is -4.48. The maximum Gasteiger partial charge on any atom is 0.534 e. The molecule has 13 heteroatoms. The fraction of sp³-hybridized carbons (Fsp3) is 0.316. The quantitative estimate of drug-likeness (QED) is 0.275. The van der Waals surface area contributed by atoms with E-state index in [0.29, 0.717) is 12.5 Å². The lowest BCUT2D eigenvalue weighted by atomic mass is 9.91. The minimum absolute atomic E-state index is 0.0265. The van der Waals surface area contributed by atoms with Gasteiger partial charge in [0.1, 0.15) is 5.75 Å². The highest BCUT2D eigenvalue weighted by Gasteiger charge is 2.48. The number of rotatable bonds is 7. The molecule has 1 N–H and O–H groups in total. The second-order valence-electron chi connectivity index (χ2n) is 6.65. The van der Waals surface area contributed by atoms with Gasteiger partial charge in [0, 0.05) is 0 Å². The van der Waals surface area contributed by atoms with Crippen molar-refractivity contribution in [2.24, 2.45) is 0 Å². The summed E-state index contributed by atoms with van der Waals surface area (Å²) in [5, 5.41) is 8.82. The van der Waals surface area contributed by atoms with Crippen LogP contribution in [-0.2, 0) is 21.1 Å². The van der Waals surface area contributed by atoms with E-state index in [2.05, 4.69) is 4.18 Å². The molecule has 0 aliphatic carbocycles. The van der Waals surface area contributed by atoms with E-state index in [1.807, 2.05) is 0 Å². The Kier molecular flexibility index (Phi) is 7.40. The van der Waals surface area contributed by atoms with Crippen molar-refractivity contribution in [3.63, 3.8) is 0 Å². The molecule has 0 saturated heterocycles. The molecule has 1 atom stereocenters. The molecule has 0 fully saturated rings. The van der Waals surface area contributed by atoms with Gasteiger partial charge in [-0.3, -0.25) is 4.79 Å². The van der Waals surface area contributed by atoms with Gasteiger partial charge in [-0.1, -0.05) is 37.1 Å². The monoisotopic (exact) mass is 504 g/mol. The Bertz CT molecular complexity index is 1110. The van der Waals surface area contributed by atoms with Crippen LogP contribution in [-0.4, -0.2) is 25.0 Å². The molecular formula is C19H15ClF6O5S. The minimum atomic E-state index is -6.11. The third-order valence-electron chi connectivity index (χ3n) is 4.30. The van der Waals surface area contributed by atoms with Crippen LogP contribution in [0.1, 0.15) is 36.8 Å². The Morgan fingerprint density at radius 1 is 1.06 bits per heavy atom. The van der Waals surface area contributed by atoms with Crippen molar-refractivity contribution in [3.8, 4) is 16.9 Å². The highest BCUT2D eigenvalue weighted by atomic mass is 35.5. The summed E-state index contributed by atoms with van der Waals surface area (Å²) < 4.78 is 105. The number of aliphatic carboxylic acids is 1. The van der Waals surface area contributed by atoms with Gasteiger partial charge in [0.25, 0.3) is 0 Å². The molecule has 0 aliphatic heterocycles. The number of carbonyl (C=O) groups is 1. The van der Waals surface area contributed by atoms with Crippen molar-refractivity contribution in [1.82, 2.24) is 0 Å². The molecule has 0 aliphatic rings. The molecule has 0 saturated carbocycles. The van der Waals surface area contributed by atoms with E-state index >= 15 is 0 Å². The molecule has 176 valence electrons. The van der Waals surface area contributed by atoms with E-state index in [9.17, 15) is 44.7 Å². The largest absolute Gasteiger partial charge is 0.534 e. The Hall–Kier alpha value is -2.47. The Balaban J connectivity index is 2.73. The predicted octanol–water partition coefficient (Wildman–Crippen LogP) is 6.22. The van der Waals surface area contributed by atoms with Crippen LogP contribution in [0, 0.1) is 0 Å². The van der Waals surface area contributed by atoms with Crippen molar-refractivity contribution < 1.29 is 48.8 Å². The first-order valence-electron chi connectivity index (χ1n) is 8.82. The molecule has 0 spiro atoms. The molecule has 0 heterocycles. The molecular weight excluding hydrogens is 490 g/mol. The topological polar surface area (TPSA) is 80.7 Å². The lowest BCUT2D eigenvalue weighted by Crippen LogP contribution is -2.28. The number of carboxylic acid groups (broad SMARTS) is 1. The summed E-state index contributed by atoms with van der Waals surface area (Å²) in [5.74, 6) is -3.54. The van der Waals surface area contributed by atoms with E-state index in [-0.39, 0.29) is 23.1 Å². The first-order chi connectivity index (χ1) is 14.6. The number of hydrogen-bond acceptors (Lipinski definition) is 4. The van der Waals surface area contributed by atoms with Crippen molar-refractivity contribution in [2.45, 2.75) is 37.4 Å². The molecule has 0 aromatic heterocycles. The van der Waals surface area contributed by atoms with E-state index in [1.54, 1.807) is 6.92 Å². The summed E-state index contributed by atoms with van der Waals surface area (Å²) in [6, 6.07) is 5.33. The van der Waals surface area contributed by atoms with E-state index in [0.717, 1.165) is 30.3 Å². The molecule has 5 nitrogen and oxygen atoms in total. The van der Waals surface area contributed by atoms with Crippen molar-refractivity contribution >= 4 is 27.7 Å². The van der Waals surface area contributed by atoms with Gasteiger partial charge < -0.3 is 9.29 Å². The standard InChI is InChI=1S/C19H15ClF6O5S/c1-2-3-14(17(27)28)12-6-11(7-13(8-12)31-32(29,30)19(24,25)26)10-4-5-16(20)15(9-10)18(21,22)23/h4-9,14H,2-3H2,1H3,(H,27,28). The van der Waals surface area contributed by atoms with Gasteiger partial charge in [0.05, 0.1) is 16.5 Å². The van der Waals surface area contributed by atoms with E-state index in [4.69, 9.17) is 11.6 Å². The van der Waals surface area contributed by atoms with Gasteiger partial charge in [-0.05, 0) is 47.4 Å². The second-order valence-corrected chi connectivity index (χ2v) is 8.59. The zero-order valence-electron chi connectivity index (χ0n) is 16.1. The summed E-state index contributed by atoms with van der Waals surface area (Å²) in [4.78, 5) is 11.6. The van der Waals surface area contributed by atoms with Crippen molar-refractivity contribution in [3.05, 3.63) is 52.5 Å². The average molecular weight is 505 g/mol. The van der Waals surface area contributed by atoms with E-state index in [1.165, 1.54) is 0 Å². The Labute approximate surface area is 183 Å². The zero-order valence-corrected chi connectivity index (χ0v) is 17.7. The van der Waals surface area contributed by atoms with Crippen molar-refractivity contribution in [1.29, 1.82) is 0 Å². The van der Waals surface area contributed by atoms with Crippen LogP contribution in [0.5, 0.6) is 5.75 Å². The van der Waals surface area contributed by atoms with Gasteiger partial charge in [0.15, 0.2) is 0 Å². The summed E-state index contributed by atoms with van der Waals surface area (Å²) in [5.41, 5.74) is -7.55. The van der Waals surface area contributed by atoms with Gasteiger partial charge >= 0.3 is 27.8 Å². The highest BCUT2D eigenvalue weighted by Crippen LogP contribution is 2.39. The fourth-order valence-electron chi connectivity index (χ4n) is 2.86. The molecule has 0 radical (unpaired) electrons. The third-order valence-corrected chi connectivity index (χ3v) is 5.61. The second kappa shape index (κ2) is 9.18. The Morgan fingerprint density at radius 3 is 2.19 bits per heavy atom. The minimum Gasteiger partial charge on any atom is -0.481 e. The van der Waals surface area contributed by atoms with Crippen LogP contribution in [0.3, 0.4) is 0 Å². The van der Waals surface area contributed by atoms with E-state index < -0.39 is 50.0 Å². The van der Waals surface area contributed by atoms with Crippen LogP contribution < -0.4 is 4.18 Å². The first kappa shape index (κ1) is 25.8. The number of carboxylic acids is 1. The predicted molar refractivity (Wildman–Crippen MR) is 103 cm³/mol. The van der Waals surface area contributed by atoms with Gasteiger partial charge in [0.2, 0.25) is 0 Å². The SMILES string of the molecule is CCCC(C(=O)O)c1cc(OS(=O)(=O)C(F)(F)F)cc(-c2ccc(Cl)c(C(F)(F)F)c2)c1. The molecule has 2 rings (SSSR count). The summed E-state index contributed by atoms with van der Waals surface area (Å²) in [7, 11) is -6.11. The fourth-order valence-corrected chi connectivity index (χ4v) is 3.52. The van der Waals surface area contributed by atoms with Crippen LogP contribution in [0.4, 0.5) is 26.3 Å². The van der Waals surface area contributed by atoms with Crippen LogP contribution in [0.25, 0.3) is 11.1 Å². The first-order valence-corrected chi connectivity index (χ1v) is 10.6. The maximum absolute atomic E-state index is 13.2. The van der Waals surface area contributed by atoms with Gasteiger partial charge in [-0.25, -0.2) is 0 Å². The number of benzene rings is 2. The smallest absolute Gasteiger partial charge is 0.481 e. The molecule has 2 aromatic rings. The summed E-state index contributed by atoms with van der Waals surface area (Å²) in [6.45, 7) is 1.64. The molecule has 0 amide bonds. The Morgan fingerprint density at radius 2 is 1.69 bits per heavy atom. The maximum atomic E-state index is 13.2. The van der Waals surface area contributed by atoms with Crippen LogP contribution in [0.15, 0.2) is 36.4 Å². The average Bonchev–Trinajstić information content (AvgIpc) is 2.63. The molecule has 0 bridgehead atoms. The number of halogens is 7. The molecule has 2 aromatic carbocycles. The van der Waals surface area contributed by atoms with Crippen molar-refractivity contribution in [2.75, 3.05) is 0 Å². The number of alkyl halides is 6. The van der Waals surface area contributed by atoms with Gasteiger partial charge in [-0.15, -0.1) is 0 Å². The lowest BCUT2D eigenvalue weighted by molar-refractivity contribution is -0.139. The molecule has 32 heavy (non-hydrogen) atoms. The third kappa shape index (κ3) is 5.85. The highest BCUT2D eigenvalue weighted by molar-refractivity contribution is 7.88. The molecule has 1 unspecified atom stereocenters. The van der Waals surface area contributed by atoms with Crippen LogP contribution >= 0.6 is 11.6 Å².